The molecule has 6 nitrogen and oxygen atoms in total. The first-order valence-corrected chi connectivity index (χ1v) is 7.46. The van der Waals surface area contributed by atoms with Crippen molar-refractivity contribution in [1.29, 1.82) is 0 Å². The SMILES string of the molecule is CCCOc1ccc(Cl)cc1NC(=O)N[C@@H](C)c1cn[nH]c1. The van der Waals surface area contributed by atoms with Crippen LogP contribution in [0, 0.1) is 0 Å². The third-order valence-electron chi connectivity index (χ3n) is 3.02. The Bertz CT molecular complexity index is 616. The summed E-state index contributed by atoms with van der Waals surface area (Å²) < 4.78 is 5.60. The van der Waals surface area contributed by atoms with Crippen LogP contribution < -0.4 is 15.4 Å². The van der Waals surface area contributed by atoms with Crippen molar-refractivity contribution >= 4 is 23.3 Å². The standard InChI is InChI=1S/C15H19ClN4O2/c1-3-6-22-14-5-4-12(16)7-13(14)20-15(21)19-10(2)11-8-17-18-9-11/h4-5,7-10H,3,6H2,1-2H3,(H,17,18)(H2,19,20,21)/t10-/m0/s1. The van der Waals surface area contributed by atoms with E-state index in [-0.39, 0.29) is 12.1 Å². The van der Waals surface area contributed by atoms with Crippen molar-refractivity contribution in [3.8, 4) is 5.75 Å². The van der Waals surface area contributed by atoms with Gasteiger partial charge in [-0.3, -0.25) is 5.10 Å². The molecule has 0 saturated carbocycles. The van der Waals surface area contributed by atoms with Gasteiger partial charge in [0.1, 0.15) is 5.75 Å². The van der Waals surface area contributed by atoms with E-state index >= 15 is 0 Å². The molecular formula is C15H19ClN4O2. The van der Waals surface area contributed by atoms with Gasteiger partial charge in [0.15, 0.2) is 0 Å². The first kappa shape index (κ1) is 16.2. The van der Waals surface area contributed by atoms with Crippen LogP contribution in [-0.2, 0) is 0 Å². The van der Waals surface area contributed by atoms with Crippen LogP contribution in [0.1, 0.15) is 31.9 Å². The second-order valence-electron chi connectivity index (χ2n) is 4.84. The van der Waals surface area contributed by atoms with E-state index in [0.29, 0.717) is 23.1 Å². The molecular weight excluding hydrogens is 304 g/mol. The molecule has 118 valence electrons. The molecule has 0 aliphatic rings. The Balaban J connectivity index is 2.02. The lowest BCUT2D eigenvalue weighted by Gasteiger charge is -2.15. The number of aromatic nitrogens is 2. The Morgan fingerprint density at radius 1 is 1.50 bits per heavy atom. The molecule has 1 atom stereocenters. The first-order valence-electron chi connectivity index (χ1n) is 7.08. The number of carbonyl (C=O) groups excluding carboxylic acids is 1. The smallest absolute Gasteiger partial charge is 0.319 e. The van der Waals surface area contributed by atoms with Crippen molar-refractivity contribution in [2.75, 3.05) is 11.9 Å². The summed E-state index contributed by atoms with van der Waals surface area (Å²) >= 11 is 5.98. The highest BCUT2D eigenvalue weighted by Crippen LogP contribution is 2.28. The lowest BCUT2D eigenvalue weighted by Crippen LogP contribution is -2.31. The van der Waals surface area contributed by atoms with Crippen LogP contribution in [0.25, 0.3) is 0 Å². The van der Waals surface area contributed by atoms with E-state index in [9.17, 15) is 4.79 Å². The van der Waals surface area contributed by atoms with Gasteiger partial charge in [-0.1, -0.05) is 18.5 Å². The zero-order chi connectivity index (χ0) is 15.9. The second kappa shape index (κ2) is 7.70. The zero-order valence-corrected chi connectivity index (χ0v) is 13.3. The van der Waals surface area contributed by atoms with Gasteiger partial charge in [-0.05, 0) is 31.5 Å². The molecule has 0 unspecified atom stereocenters. The summed E-state index contributed by atoms with van der Waals surface area (Å²) in [5.74, 6) is 0.595. The maximum Gasteiger partial charge on any atom is 0.319 e. The van der Waals surface area contributed by atoms with Crippen LogP contribution in [0.15, 0.2) is 30.6 Å². The predicted molar refractivity (Wildman–Crippen MR) is 86.4 cm³/mol. The number of urea groups is 1. The van der Waals surface area contributed by atoms with Crippen molar-refractivity contribution in [3.05, 3.63) is 41.2 Å². The van der Waals surface area contributed by atoms with E-state index in [0.717, 1.165) is 12.0 Å². The quantitative estimate of drug-likeness (QED) is 0.758. The van der Waals surface area contributed by atoms with E-state index in [4.69, 9.17) is 16.3 Å². The van der Waals surface area contributed by atoms with E-state index in [2.05, 4.69) is 20.8 Å². The fraction of sp³-hybridized carbons (Fsp3) is 0.333. The number of amides is 2. The third-order valence-corrected chi connectivity index (χ3v) is 3.25. The van der Waals surface area contributed by atoms with Crippen molar-refractivity contribution in [2.45, 2.75) is 26.3 Å². The highest BCUT2D eigenvalue weighted by atomic mass is 35.5. The third kappa shape index (κ3) is 4.39. The van der Waals surface area contributed by atoms with Crippen LogP contribution in [0.5, 0.6) is 5.75 Å². The molecule has 0 radical (unpaired) electrons. The molecule has 7 heteroatoms. The Morgan fingerprint density at radius 2 is 2.32 bits per heavy atom. The number of halogens is 1. The number of nitrogens with one attached hydrogen (secondary N) is 3. The molecule has 0 aliphatic carbocycles. The number of hydrogen-bond acceptors (Lipinski definition) is 3. The highest BCUT2D eigenvalue weighted by molar-refractivity contribution is 6.31. The number of rotatable bonds is 6. The molecule has 0 aliphatic heterocycles. The molecule has 1 aromatic carbocycles. The highest BCUT2D eigenvalue weighted by Gasteiger charge is 2.13. The van der Waals surface area contributed by atoms with E-state index in [1.165, 1.54) is 0 Å². The summed E-state index contributed by atoms with van der Waals surface area (Å²) in [5, 5.41) is 12.7. The maximum absolute atomic E-state index is 12.1. The monoisotopic (exact) mass is 322 g/mol. The topological polar surface area (TPSA) is 79.0 Å². The van der Waals surface area contributed by atoms with Crippen LogP contribution >= 0.6 is 11.6 Å². The number of anilines is 1. The average Bonchev–Trinajstić information content (AvgIpc) is 3.00. The molecule has 1 heterocycles. The normalized spacial score (nSPS) is 11.8. The number of aromatic amines is 1. The average molecular weight is 323 g/mol. The van der Waals surface area contributed by atoms with Gasteiger partial charge in [0.05, 0.1) is 24.5 Å². The van der Waals surface area contributed by atoms with Gasteiger partial charge in [0.25, 0.3) is 0 Å². The molecule has 0 spiro atoms. The van der Waals surface area contributed by atoms with Gasteiger partial charge in [-0.15, -0.1) is 0 Å². The van der Waals surface area contributed by atoms with Crippen LogP contribution in [0.3, 0.4) is 0 Å². The second-order valence-corrected chi connectivity index (χ2v) is 5.28. The van der Waals surface area contributed by atoms with E-state index in [1.807, 2.05) is 13.8 Å². The molecule has 0 fully saturated rings. The molecule has 22 heavy (non-hydrogen) atoms. The Labute approximate surface area is 134 Å². The molecule has 0 bridgehead atoms. The minimum absolute atomic E-state index is 0.169. The van der Waals surface area contributed by atoms with Crippen LogP contribution in [0.2, 0.25) is 5.02 Å². The number of carbonyl (C=O) groups is 1. The summed E-state index contributed by atoms with van der Waals surface area (Å²) in [5.41, 5.74) is 1.43. The van der Waals surface area contributed by atoms with E-state index in [1.54, 1.807) is 30.6 Å². The summed E-state index contributed by atoms with van der Waals surface area (Å²) in [6, 6.07) is 4.63. The molecule has 1 aromatic heterocycles. The molecule has 2 rings (SSSR count). The van der Waals surface area contributed by atoms with Crippen molar-refractivity contribution in [2.24, 2.45) is 0 Å². The minimum Gasteiger partial charge on any atom is -0.491 e. The Kier molecular flexibility index (Phi) is 5.66. The van der Waals surface area contributed by atoms with Gasteiger partial charge in [0.2, 0.25) is 0 Å². The lowest BCUT2D eigenvalue weighted by atomic mass is 10.2. The van der Waals surface area contributed by atoms with Crippen molar-refractivity contribution in [3.63, 3.8) is 0 Å². The lowest BCUT2D eigenvalue weighted by molar-refractivity contribution is 0.249. The summed E-state index contributed by atoms with van der Waals surface area (Å²) in [7, 11) is 0. The van der Waals surface area contributed by atoms with Crippen molar-refractivity contribution < 1.29 is 9.53 Å². The fourth-order valence-corrected chi connectivity index (χ4v) is 2.05. The van der Waals surface area contributed by atoms with Gasteiger partial charge in [-0.25, -0.2) is 4.79 Å². The molecule has 3 N–H and O–H groups in total. The summed E-state index contributed by atoms with van der Waals surface area (Å²) in [6.45, 7) is 4.46. The van der Waals surface area contributed by atoms with Crippen molar-refractivity contribution in [1.82, 2.24) is 15.5 Å². The maximum atomic E-state index is 12.1. The van der Waals surface area contributed by atoms with E-state index < -0.39 is 0 Å². The number of benzene rings is 1. The molecule has 2 amide bonds. The molecule has 2 aromatic rings. The minimum atomic E-state index is -0.336. The van der Waals surface area contributed by atoms with Crippen LogP contribution in [0.4, 0.5) is 10.5 Å². The van der Waals surface area contributed by atoms with Gasteiger partial charge < -0.3 is 15.4 Å². The van der Waals surface area contributed by atoms with Gasteiger partial charge in [0, 0.05) is 16.8 Å². The first-order chi connectivity index (χ1) is 10.6. The Morgan fingerprint density at radius 3 is 3.00 bits per heavy atom. The van der Waals surface area contributed by atoms with Gasteiger partial charge in [-0.2, -0.15) is 5.10 Å². The van der Waals surface area contributed by atoms with Crippen LogP contribution in [-0.4, -0.2) is 22.8 Å². The number of H-pyrrole nitrogens is 1. The number of ether oxygens (including phenoxy) is 1. The molecule has 0 saturated heterocycles. The number of hydrogen-bond donors (Lipinski definition) is 3. The zero-order valence-electron chi connectivity index (χ0n) is 12.5. The summed E-state index contributed by atoms with van der Waals surface area (Å²) in [6.07, 6.45) is 4.28. The fourth-order valence-electron chi connectivity index (χ4n) is 1.87. The largest absolute Gasteiger partial charge is 0.491 e. The Hall–Kier alpha value is -2.21. The predicted octanol–water partition coefficient (Wildman–Crippen LogP) is 3.73. The summed E-state index contributed by atoms with van der Waals surface area (Å²) in [4.78, 5) is 12.1. The number of nitrogens with zero attached hydrogens (tertiary/aromatic N) is 1. The van der Waals surface area contributed by atoms with Gasteiger partial charge >= 0.3 is 6.03 Å².